The molecule has 0 amide bonds. The third kappa shape index (κ3) is 1.49. The lowest BCUT2D eigenvalue weighted by Gasteiger charge is -2.17. The van der Waals surface area contributed by atoms with Gasteiger partial charge >= 0.3 is 0 Å². The van der Waals surface area contributed by atoms with Gasteiger partial charge in [-0.1, -0.05) is 30.0 Å². The summed E-state index contributed by atoms with van der Waals surface area (Å²) in [4.78, 5) is 6.58. The zero-order valence-electron chi connectivity index (χ0n) is 7.97. The molecule has 0 radical (unpaired) electrons. The van der Waals surface area contributed by atoms with Crippen molar-refractivity contribution in [3.8, 4) is 5.88 Å². The van der Waals surface area contributed by atoms with Crippen LogP contribution in [0.2, 0.25) is 0 Å². The zero-order valence-corrected chi connectivity index (χ0v) is 8.79. The highest BCUT2D eigenvalue weighted by Crippen LogP contribution is 2.38. The first-order valence-corrected chi connectivity index (χ1v) is 5.59. The molecular weight excluding hydrogens is 206 g/mol. The third-order valence-electron chi connectivity index (χ3n) is 2.47. The molecule has 1 aromatic carbocycles. The second kappa shape index (κ2) is 3.28. The molecule has 1 aliphatic rings. The zero-order chi connectivity index (χ0) is 10.3. The standard InChI is InChI=1S/C12H9NOS/c14-12-6-5-11-9(13-12)7-8-3-1-2-4-10(8)15-11/h1-6H,7H2,(H,13,14). The van der Waals surface area contributed by atoms with Gasteiger partial charge in [-0.2, -0.15) is 0 Å². The van der Waals surface area contributed by atoms with Gasteiger partial charge < -0.3 is 5.11 Å². The first-order valence-electron chi connectivity index (χ1n) is 4.77. The second-order valence-electron chi connectivity index (χ2n) is 3.50. The van der Waals surface area contributed by atoms with Crippen LogP contribution in [0.5, 0.6) is 5.88 Å². The van der Waals surface area contributed by atoms with Gasteiger partial charge in [0.05, 0.1) is 5.69 Å². The summed E-state index contributed by atoms with van der Waals surface area (Å²) in [6.07, 6.45) is 0.812. The van der Waals surface area contributed by atoms with Crippen molar-refractivity contribution >= 4 is 11.8 Å². The maximum absolute atomic E-state index is 9.32. The van der Waals surface area contributed by atoms with Gasteiger partial charge in [0.1, 0.15) is 0 Å². The van der Waals surface area contributed by atoms with Crippen LogP contribution in [-0.4, -0.2) is 10.1 Å². The summed E-state index contributed by atoms with van der Waals surface area (Å²) >= 11 is 1.72. The number of pyridine rings is 1. The van der Waals surface area contributed by atoms with E-state index in [9.17, 15) is 5.11 Å². The lowest BCUT2D eigenvalue weighted by molar-refractivity contribution is 0.450. The monoisotopic (exact) mass is 215 g/mol. The van der Waals surface area contributed by atoms with Crippen LogP contribution in [0.15, 0.2) is 46.2 Å². The predicted octanol–water partition coefficient (Wildman–Crippen LogP) is 2.84. The highest BCUT2D eigenvalue weighted by molar-refractivity contribution is 7.99. The number of hydrogen-bond acceptors (Lipinski definition) is 3. The van der Waals surface area contributed by atoms with E-state index in [1.54, 1.807) is 17.8 Å². The molecule has 2 heterocycles. The van der Waals surface area contributed by atoms with E-state index in [-0.39, 0.29) is 5.88 Å². The molecule has 3 rings (SSSR count). The average molecular weight is 215 g/mol. The Morgan fingerprint density at radius 2 is 1.93 bits per heavy atom. The van der Waals surface area contributed by atoms with Gasteiger partial charge in [-0.15, -0.1) is 0 Å². The number of nitrogens with zero attached hydrogens (tertiary/aromatic N) is 1. The molecule has 0 saturated carbocycles. The first-order chi connectivity index (χ1) is 7.33. The fourth-order valence-electron chi connectivity index (χ4n) is 1.74. The number of aromatic nitrogens is 1. The van der Waals surface area contributed by atoms with E-state index in [0.717, 1.165) is 17.0 Å². The molecule has 15 heavy (non-hydrogen) atoms. The molecule has 1 N–H and O–H groups in total. The minimum absolute atomic E-state index is 0.105. The number of hydrogen-bond donors (Lipinski definition) is 1. The molecule has 3 heteroatoms. The van der Waals surface area contributed by atoms with E-state index in [2.05, 4.69) is 17.1 Å². The maximum atomic E-state index is 9.32. The van der Waals surface area contributed by atoms with Gasteiger partial charge in [-0.25, -0.2) is 4.98 Å². The topological polar surface area (TPSA) is 33.1 Å². The summed E-state index contributed by atoms with van der Waals surface area (Å²) in [5.41, 5.74) is 2.26. The lowest BCUT2D eigenvalue weighted by Crippen LogP contribution is -2.01. The molecule has 0 spiro atoms. The smallest absolute Gasteiger partial charge is 0.211 e. The summed E-state index contributed by atoms with van der Waals surface area (Å²) in [5, 5.41) is 9.32. The molecule has 0 saturated heterocycles. The minimum Gasteiger partial charge on any atom is -0.493 e. The summed E-state index contributed by atoms with van der Waals surface area (Å²) in [6, 6.07) is 11.9. The largest absolute Gasteiger partial charge is 0.493 e. The number of fused-ring (bicyclic) bond motifs is 2. The minimum atomic E-state index is 0.105. The Labute approximate surface area is 92.0 Å². The van der Waals surface area contributed by atoms with E-state index < -0.39 is 0 Å². The van der Waals surface area contributed by atoms with Crippen LogP contribution in [0.3, 0.4) is 0 Å². The van der Waals surface area contributed by atoms with Crippen molar-refractivity contribution in [2.45, 2.75) is 16.2 Å². The molecule has 1 aromatic heterocycles. The van der Waals surface area contributed by atoms with Crippen molar-refractivity contribution in [3.63, 3.8) is 0 Å². The highest BCUT2D eigenvalue weighted by Gasteiger charge is 2.16. The van der Waals surface area contributed by atoms with E-state index in [4.69, 9.17) is 0 Å². The van der Waals surface area contributed by atoms with Crippen LogP contribution < -0.4 is 0 Å². The Hall–Kier alpha value is -1.48. The van der Waals surface area contributed by atoms with E-state index >= 15 is 0 Å². The number of aromatic hydroxyl groups is 1. The summed E-state index contributed by atoms with van der Waals surface area (Å²) in [7, 11) is 0. The fourth-order valence-corrected chi connectivity index (χ4v) is 2.77. The van der Waals surface area contributed by atoms with Crippen LogP contribution in [0, 0.1) is 0 Å². The normalized spacial score (nSPS) is 13.1. The Morgan fingerprint density at radius 3 is 2.87 bits per heavy atom. The van der Waals surface area contributed by atoms with Gasteiger partial charge in [0.2, 0.25) is 5.88 Å². The van der Waals surface area contributed by atoms with E-state index in [1.165, 1.54) is 10.5 Å². The molecule has 0 atom stereocenters. The van der Waals surface area contributed by atoms with Crippen molar-refractivity contribution in [3.05, 3.63) is 47.7 Å². The molecule has 0 aliphatic carbocycles. The molecule has 1 aliphatic heterocycles. The third-order valence-corrected chi connectivity index (χ3v) is 3.68. The van der Waals surface area contributed by atoms with Gasteiger partial charge in [0.15, 0.2) is 0 Å². The van der Waals surface area contributed by atoms with Gasteiger partial charge in [-0.05, 0) is 17.7 Å². The Bertz CT molecular complexity index is 525. The lowest BCUT2D eigenvalue weighted by atomic mass is 10.1. The predicted molar refractivity (Wildman–Crippen MR) is 59.3 cm³/mol. The molecule has 0 unspecified atom stereocenters. The quantitative estimate of drug-likeness (QED) is 0.626. The molecule has 2 nitrogen and oxygen atoms in total. The van der Waals surface area contributed by atoms with Crippen molar-refractivity contribution in [2.75, 3.05) is 0 Å². The van der Waals surface area contributed by atoms with Crippen LogP contribution in [-0.2, 0) is 6.42 Å². The maximum Gasteiger partial charge on any atom is 0.211 e. The second-order valence-corrected chi connectivity index (χ2v) is 4.58. The summed E-state index contributed by atoms with van der Waals surface area (Å²) in [5.74, 6) is 0.105. The van der Waals surface area contributed by atoms with Gasteiger partial charge in [-0.3, -0.25) is 0 Å². The van der Waals surface area contributed by atoms with Crippen LogP contribution in [0.25, 0.3) is 0 Å². The Morgan fingerprint density at radius 1 is 1.07 bits per heavy atom. The number of benzene rings is 1. The van der Waals surface area contributed by atoms with Gasteiger partial charge in [0, 0.05) is 22.3 Å². The van der Waals surface area contributed by atoms with Crippen LogP contribution in [0.1, 0.15) is 11.3 Å². The average Bonchev–Trinajstić information content (AvgIpc) is 2.26. The van der Waals surface area contributed by atoms with Crippen LogP contribution >= 0.6 is 11.8 Å². The molecule has 2 aromatic rings. The van der Waals surface area contributed by atoms with Crippen LogP contribution in [0.4, 0.5) is 0 Å². The SMILES string of the molecule is Oc1ccc2c(n1)Cc1ccccc1S2. The first kappa shape index (κ1) is 8.80. The Balaban J connectivity index is 2.11. The molecule has 0 bridgehead atoms. The summed E-state index contributed by atoms with van der Waals surface area (Å²) in [6.45, 7) is 0. The van der Waals surface area contributed by atoms with Crippen molar-refractivity contribution in [1.82, 2.24) is 4.98 Å². The van der Waals surface area contributed by atoms with Crippen molar-refractivity contribution < 1.29 is 5.11 Å². The fraction of sp³-hybridized carbons (Fsp3) is 0.0833. The van der Waals surface area contributed by atoms with Crippen molar-refractivity contribution in [2.24, 2.45) is 0 Å². The number of rotatable bonds is 0. The molecule has 0 fully saturated rings. The van der Waals surface area contributed by atoms with Crippen molar-refractivity contribution in [1.29, 1.82) is 0 Å². The molecule has 74 valence electrons. The van der Waals surface area contributed by atoms with Gasteiger partial charge in [0.25, 0.3) is 0 Å². The summed E-state index contributed by atoms with van der Waals surface area (Å²) < 4.78 is 0. The Kier molecular flexibility index (Phi) is 1.92. The van der Waals surface area contributed by atoms with E-state index in [0.29, 0.717) is 0 Å². The highest BCUT2D eigenvalue weighted by atomic mass is 32.2. The van der Waals surface area contributed by atoms with E-state index in [1.807, 2.05) is 18.2 Å². The molecular formula is C12H9NOS.